The Morgan fingerprint density at radius 2 is 2.25 bits per heavy atom. The van der Waals surface area contributed by atoms with Crippen LogP contribution in [0.3, 0.4) is 0 Å². The molecule has 1 N–H and O–H groups in total. The number of ether oxygens (including phenoxy) is 1. The minimum Gasteiger partial charge on any atom is -0.476 e. The van der Waals surface area contributed by atoms with Gasteiger partial charge in [-0.1, -0.05) is 5.57 Å². The maximum absolute atomic E-state index is 10.7. The average Bonchev–Trinajstić information content (AvgIpc) is 2.62. The van der Waals surface area contributed by atoms with E-state index in [4.69, 9.17) is 9.84 Å². The zero-order valence-corrected chi connectivity index (χ0v) is 9.14. The van der Waals surface area contributed by atoms with E-state index in [1.807, 2.05) is 6.08 Å². The van der Waals surface area contributed by atoms with Crippen LogP contribution >= 0.6 is 0 Å². The molecule has 1 aromatic rings. The summed E-state index contributed by atoms with van der Waals surface area (Å²) in [6, 6.07) is 1.59. The number of hydrogen-bond donors (Lipinski definition) is 1. The zero-order valence-electron chi connectivity index (χ0n) is 9.14. The third-order valence-corrected chi connectivity index (χ3v) is 2.62. The van der Waals surface area contributed by atoms with Gasteiger partial charge in [-0.15, -0.1) is 0 Å². The van der Waals surface area contributed by atoms with Crippen molar-refractivity contribution < 1.29 is 14.6 Å². The topological polar surface area (TPSA) is 64.4 Å². The van der Waals surface area contributed by atoms with Crippen molar-refractivity contribution in [3.05, 3.63) is 23.0 Å². The first-order valence-electron chi connectivity index (χ1n) is 5.21. The van der Waals surface area contributed by atoms with Crippen LogP contribution in [0.4, 0.5) is 0 Å². The van der Waals surface area contributed by atoms with Crippen molar-refractivity contribution in [3.8, 4) is 0 Å². The molecule has 0 bridgehead atoms. The Morgan fingerprint density at radius 3 is 2.81 bits per heavy atom. The molecule has 0 aliphatic carbocycles. The minimum atomic E-state index is -0.993. The number of aryl methyl sites for hydroxylation is 1. The van der Waals surface area contributed by atoms with Crippen molar-refractivity contribution in [3.63, 3.8) is 0 Å². The number of aromatic nitrogens is 2. The van der Waals surface area contributed by atoms with Gasteiger partial charge in [-0.3, -0.25) is 4.68 Å². The molecule has 1 aromatic heterocycles. The van der Waals surface area contributed by atoms with E-state index < -0.39 is 5.97 Å². The first-order valence-corrected chi connectivity index (χ1v) is 5.21. The van der Waals surface area contributed by atoms with Crippen LogP contribution in [0, 0.1) is 0 Å². The Bertz CT molecular complexity index is 426. The van der Waals surface area contributed by atoms with Crippen LogP contribution in [0.5, 0.6) is 0 Å². The lowest BCUT2D eigenvalue weighted by Gasteiger charge is -2.14. The van der Waals surface area contributed by atoms with Gasteiger partial charge >= 0.3 is 5.97 Å². The lowest BCUT2D eigenvalue weighted by molar-refractivity contribution is 0.0689. The molecule has 0 spiro atoms. The maximum Gasteiger partial charge on any atom is 0.356 e. The summed E-state index contributed by atoms with van der Waals surface area (Å²) in [5.74, 6) is -0.993. The molecule has 86 valence electrons. The fraction of sp³-hybridized carbons (Fsp3) is 0.455. The molecule has 16 heavy (non-hydrogen) atoms. The van der Waals surface area contributed by atoms with E-state index in [-0.39, 0.29) is 5.69 Å². The van der Waals surface area contributed by atoms with Gasteiger partial charge in [0.15, 0.2) is 5.69 Å². The van der Waals surface area contributed by atoms with Gasteiger partial charge in [-0.25, -0.2) is 4.79 Å². The number of carboxylic acids is 1. The largest absolute Gasteiger partial charge is 0.476 e. The van der Waals surface area contributed by atoms with E-state index >= 15 is 0 Å². The highest BCUT2D eigenvalue weighted by atomic mass is 16.5. The van der Waals surface area contributed by atoms with E-state index in [1.165, 1.54) is 5.57 Å². The third-order valence-electron chi connectivity index (χ3n) is 2.62. The van der Waals surface area contributed by atoms with Gasteiger partial charge in [-0.2, -0.15) is 5.10 Å². The normalized spacial score (nSPS) is 16.2. The molecule has 0 amide bonds. The second kappa shape index (κ2) is 4.49. The molecule has 2 heterocycles. The van der Waals surface area contributed by atoms with Crippen molar-refractivity contribution in [2.24, 2.45) is 7.05 Å². The predicted molar refractivity (Wildman–Crippen MR) is 58.2 cm³/mol. The fourth-order valence-corrected chi connectivity index (χ4v) is 1.71. The summed E-state index contributed by atoms with van der Waals surface area (Å²) in [6.07, 6.45) is 3.82. The molecule has 1 fully saturated rings. The summed E-state index contributed by atoms with van der Waals surface area (Å²) < 4.78 is 6.84. The molecular formula is C11H14N2O3. The first-order chi connectivity index (χ1) is 7.66. The predicted octanol–water partition coefficient (Wildman–Crippen LogP) is 1.31. The molecule has 5 nitrogen and oxygen atoms in total. The highest BCUT2D eigenvalue weighted by molar-refractivity contribution is 5.86. The molecule has 5 heteroatoms. The van der Waals surface area contributed by atoms with Crippen LogP contribution in [-0.4, -0.2) is 34.1 Å². The summed E-state index contributed by atoms with van der Waals surface area (Å²) in [7, 11) is 1.75. The molecular weight excluding hydrogens is 208 g/mol. The molecule has 0 radical (unpaired) electrons. The highest BCUT2D eigenvalue weighted by Gasteiger charge is 2.11. The minimum absolute atomic E-state index is 0.0846. The number of hydrogen-bond acceptors (Lipinski definition) is 3. The number of carboxylic acid groups (broad SMARTS) is 1. The van der Waals surface area contributed by atoms with Gasteiger partial charge in [0.05, 0.1) is 18.9 Å². The molecule has 0 aromatic carbocycles. The monoisotopic (exact) mass is 222 g/mol. The van der Waals surface area contributed by atoms with Crippen LogP contribution in [0.15, 0.2) is 11.6 Å². The van der Waals surface area contributed by atoms with Crippen molar-refractivity contribution >= 4 is 12.0 Å². The van der Waals surface area contributed by atoms with Crippen LogP contribution in [0.25, 0.3) is 6.08 Å². The van der Waals surface area contributed by atoms with Gasteiger partial charge in [0.1, 0.15) is 0 Å². The van der Waals surface area contributed by atoms with Crippen LogP contribution < -0.4 is 0 Å². The Hall–Kier alpha value is -1.62. The molecule has 2 rings (SSSR count). The van der Waals surface area contributed by atoms with Crippen molar-refractivity contribution in [2.45, 2.75) is 12.8 Å². The maximum atomic E-state index is 10.7. The first kappa shape index (κ1) is 10.9. The number of nitrogens with zero attached hydrogens (tertiary/aromatic N) is 2. The Labute approximate surface area is 93.3 Å². The van der Waals surface area contributed by atoms with Gasteiger partial charge < -0.3 is 9.84 Å². The van der Waals surface area contributed by atoms with Crippen LogP contribution in [0.2, 0.25) is 0 Å². The van der Waals surface area contributed by atoms with Crippen LogP contribution in [-0.2, 0) is 11.8 Å². The Morgan fingerprint density at radius 1 is 1.56 bits per heavy atom. The number of rotatable bonds is 2. The average molecular weight is 222 g/mol. The smallest absolute Gasteiger partial charge is 0.356 e. The molecule has 0 saturated carbocycles. The lowest BCUT2D eigenvalue weighted by Crippen LogP contribution is -2.07. The van der Waals surface area contributed by atoms with Gasteiger partial charge in [0, 0.05) is 7.05 Å². The molecule has 1 aliphatic rings. The molecule has 1 aliphatic heterocycles. The van der Waals surface area contributed by atoms with E-state index in [0.717, 1.165) is 31.7 Å². The van der Waals surface area contributed by atoms with E-state index in [2.05, 4.69) is 5.10 Å². The summed E-state index contributed by atoms with van der Waals surface area (Å²) >= 11 is 0. The molecule has 0 atom stereocenters. The van der Waals surface area contributed by atoms with Crippen molar-refractivity contribution in [1.29, 1.82) is 0 Å². The van der Waals surface area contributed by atoms with E-state index in [1.54, 1.807) is 17.8 Å². The van der Waals surface area contributed by atoms with Crippen LogP contribution in [0.1, 0.15) is 29.0 Å². The quantitative estimate of drug-likeness (QED) is 0.819. The zero-order chi connectivity index (χ0) is 11.5. The molecule has 0 unspecified atom stereocenters. The highest BCUT2D eigenvalue weighted by Crippen LogP contribution is 2.17. The van der Waals surface area contributed by atoms with Gasteiger partial charge in [0.2, 0.25) is 0 Å². The van der Waals surface area contributed by atoms with Gasteiger partial charge in [0.25, 0.3) is 0 Å². The summed E-state index contributed by atoms with van der Waals surface area (Å²) in [6.45, 7) is 1.49. The SMILES string of the molecule is Cn1nc(C(=O)O)cc1C=C1CCOCC1. The van der Waals surface area contributed by atoms with E-state index in [0.29, 0.717) is 0 Å². The van der Waals surface area contributed by atoms with Crippen molar-refractivity contribution in [2.75, 3.05) is 13.2 Å². The Balaban J connectivity index is 2.23. The summed E-state index contributed by atoms with van der Waals surface area (Å²) in [4.78, 5) is 10.7. The second-order valence-electron chi connectivity index (χ2n) is 3.80. The second-order valence-corrected chi connectivity index (χ2v) is 3.80. The third kappa shape index (κ3) is 2.30. The van der Waals surface area contributed by atoms with Crippen molar-refractivity contribution in [1.82, 2.24) is 9.78 Å². The van der Waals surface area contributed by atoms with Gasteiger partial charge in [-0.05, 0) is 25.0 Å². The standard InChI is InChI=1S/C11H14N2O3/c1-13-9(7-10(12-13)11(14)15)6-8-2-4-16-5-3-8/h6-7H,2-5H2,1H3,(H,14,15). The fourth-order valence-electron chi connectivity index (χ4n) is 1.71. The Kier molecular flexibility index (Phi) is 3.05. The number of carbonyl (C=O) groups is 1. The molecule has 1 saturated heterocycles. The summed E-state index contributed by atoms with van der Waals surface area (Å²) in [5, 5.41) is 12.7. The number of aromatic carboxylic acids is 1. The lowest BCUT2D eigenvalue weighted by atomic mass is 10.1. The van der Waals surface area contributed by atoms with E-state index in [9.17, 15) is 4.79 Å². The summed E-state index contributed by atoms with van der Waals surface area (Å²) in [5.41, 5.74) is 2.20.